The van der Waals surface area contributed by atoms with Crippen molar-refractivity contribution in [1.29, 1.82) is 0 Å². The number of carbonyl (C=O) groups is 1. The van der Waals surface area contributed by atoms with E-state index in [9.17, 15) is 4.79 Å². The number of rotatable bonds is 6. The Morgan fingerprint density at radius 1 is 1.19 bits per heavy atom. The lowest BCUT2D eigenvalue weighted by molar-refractivity contribution is 0.0930. The second-order valence-corrected chi connectivity index (χ2v) is 9.42. The maximum absolute atomic E-state index is 13.3. The molecule has 7 heteroatoms. The Balaban J connectivity index is 1.34. The predicted molar refractivity (Wildman–Crippen MR) is 124 cm³/mol. The number of nitrogens with zero attached hydrogens (tertiary/aromatic N) is 4. The summed E-state index contributed by atoms with van der Waals surface area (Å²) >= 11 is 0. The molecule has 0 aromatic carbocycles. The zero-order valence-corrected chi connectivity index (χ0v) is 18.5. The summed E-state index contributed by atoms with van der Waals surface area (Å²) < 4.78 is 1.91. The molecule has 1 aliphatic carbocycles. The van der Waals surface area contributed by atoms with Crippen LogP contribution < -0.4 is 11.1 Å². The third-order valence-electron chi connectivity index (χ3n) is 7.14. The first-order valence-electron chi connectivity index (χ1n) is 11.8. The van der Waals surface area contributed by atoms with Crippen LogP contribution in [-0.4, -0.2) is 50.9 Å². The molecule has 3 aromatic heterocycles. The highest BCUT2D eigenvalue weighted by atomic mass is 16.1. The van der Waals surface area contributed by atoms with Crippen molar-refractivity contribution in [2.75, 3.05) is 19.6 Å². The van der Waals surface area contributed by atoms with Crippen LogP contribution in [0.2, 0.25) is 0 Å². The lowest BCUT2D eigenvalue weighted by Gasteiger charge is -2.37. The molecule has 0 unspecified atom stereocenters. The number of hydrogen-bond donors (Lipinski definition) is 2. The van der Waals surface area contributed by atoms with E-state index < -0.39 is 0 Å². The summed E-state index contributed by atoms with van der Waals surface area (Å²) in [5, 5.41) is 3.25. The minimum absolute atomic E-state index is 0.0370. The van der Waals surface area contributed by atoms with E-state index >= 15 is 0 Å². The van der Waals surface area contributed by atoms with Crippen LogP contribution in [0.1, 0.15) is 60.3 Å². The predicted octanol–water partition coefficient (Wildman–Crippen LogP) is 2.89. The van der Waals surface area contributed by atoms with E-state index in [0.29, 0.717) is 12.2 Å². The average molecular weight is 433 g/mol. The van der Waals surface area contributed by atoms with Gasteiger partial charge in [-0.05, 0) is 43.0 Å². The van der Waals surface area contributed by atoms with Gasteiger partial charge in [0, 0.05) is 56.2 Å². The standard InChI is InChI=1S/C25H32N6O/c26-20-9-13-30(15-20)16-21-17-31-22(7-4-8-23(31)29-21)24(32)28-18-25(10-2-1-3-11-25)19-6-5-12-27-14-19/h4-8,12,14,17,20H,1-3,9-11,13,15-16,18,26H2,(H,28,32)/t20-/m1/s1. The van der Waals surface area contributed by atoms with Gasteiger partial charge >= 0.3 is 0 Å². The van der Waals surface area contributed by atoms with Crippen molar-refractivity contribution in [3.05, 3.63) is 65.9 Å². The van der Waals surface area contributed by atoms with E-state index in [2.05, 4.69) is 21.3 Å². The average Bonchev–Trinajstić information content (AvgIpc) is 3.43. The van der Waals surface area contributed by atoms with Gasteiger partial charge in [-0.15, -0.1) is 0 Å². The molecule has 0 bridgehead atoms. The van der Waals surface area contributed by atoms with Gasteiger partial charge in [0.25, 0.3) is 5.91 Å². The largest absolute Gasteiger partial charge is 0.350 e. The van der Waals surface area contributed by atoms with Crippen molar-refractivity contribution in [3.8, 4) is 0 Å². The molecule has 3 aromatic rings. The molecule has 1 saturated heterocycles. The molecule has 32 heavy (non-hydrogen) atoms. The number of nitrogens with one attached hydrogen (secondary N) is 1. The lowest BCUT2D eigenvalue weighted by Crippen LogP contribution is -2.42. The van der Waals surface area contributed by atoms with E-state index in [0.717, 1.165) is 50.2 Å². The molecule has 5 rings (SSSR count). The van der Waals surface area contributed by atoms with Crippen LogP contribution >= 0.6 is 0 Å². The smallest absolute Gasteiger partial charge is 0.268 e. The minimum atomic E-state index is -0.0587. The van der Waals surface area contributed by atoms with Crippen molar-refractivity contribution in [3.63, 3.8) is 0 Å². The summed E-state index contributed by atoms with van der Waals surface area (Å²) in [6, 6.07) is 10.1. The van der Waals surface area contributed by atoms with Crippen LogP contribution in [0.25, 0.3) is 5.65 Å². The number of imidazole rings is 1. The van der Waals surface area contributed by atoms with E-state index in [1.807, 2.05) is 47.3 Å². The van der Waals surface area contributed by atoms with Crippen molar-refractivity contribution in [1.82, 2.24) is 24.6 Å². The highest BCUT2D eigenvalue weighted by molar-refractivity contribution is 5.93. The summed E-state index contributed by atoms with van der Waals surface area (Å²) in [5.41, 5.74) is 9.63. The van der Waals surface area contributed by atoms with Crippen molar-refractivity contribution in [2.24, 2.45) is 5.73 Å². The maximum Gasteiger partial charge on any atom is 0.268 e. The summed E-state index contributed by atoms with van der Waals surface area (Å²) in [6.45, 7) is 3.29. The van der Waals surface area contributed by atoms with Gasteiger partial charge in [-0.25, -0.2) is 4.98 Å². The molecule has 4 heterocycles. The number of fused-ring (bicyclic) bond motifs is 1. The van der Waals surface area contributed by atoms with E-state index in [-0.39, 0.29) is 17.4 Å². The Bertz CT molecular complexity index is 1070. The highest BCUT2D eigenvalue weighted by Crippen LogP contribution is 2.38. The molecule has 1 amide bonds. The molecule has 168 valence electrons. The number of amides is 1. The van der Waals surface area contributed by atoms with Gasteiger partial charge in [0.1, 0.15) is 11.3 Å². The first-order chi connectivity index (χ1) is 15.6. The van der Waals surface area contributed by atoms with Gasteiger partial charge in [0.15, 0.2) is 0 Å². The molecule has 0 radical (unpaired) electrons. The molecule has 2 fully saturated rings. The molecular weight excluding hydrogens is 400 g/mol. The van der Waals surface area contributed by atoms with Crippen LogP contribution in [0, 0.1) is 0 Å². The van der Waals surface area contributed by atoms with Crippen LogP contribution in [-0.2, 0) is 12.0 Å². The van der Waals surface area contributed by atoms with Crippen LogP contribution in [0.5, 0.6) is 0 Å². The number of likely N-dealkylation sites (tertiary alicyclic amines) is 1. The quantitative estimate of drug-likeness (QED) is 0.625. The van der Waals surface area contributed by atoms with Gasteiger partial charge in [0.05, 0.1) is 5.69 Å². The SMILES string of the molecule is N[C@@H]1CCN(Cc2cn3c(C(=O)NCC4(c5cccnc5)CCCCC4)cccc3n2)C1. The van der Waals surface area contributed by atoms with E-state index in [1.54, 1.807) is 0 Å². The Morgan fingerprint density at radius 3 is 2.81 bits per heavy atom. The number of carbonyl (C=O) groups excluding carboxylic acids is 1. The Hall–Kier alpha value is -2.77. The van der Waals surface area contributed by atoms with Gasteiger partial charge < -0.3 is 11.1 Å². The maximum atomic E-state index is 13.3. The molecular formula is C25H32N6O. The first-order valence-corrected chi connectivity index (χ1v) is 11.8. The summed E-state index contributed by atoms with van der Waals surface area (Å²) in [5.74, 6) is -0.0587. The number of nitrogens with two attached hydrogens (primary N) is 1. The molecule has 0 spiro atoms. The second-order valence-electron chi connectivity index (χ2n) is 9.42. The molecule has 1 atom stereocenters. The fourth-order valence-corrected chi connectivity index (χ4v) is 5.37. The molecule has 1 saturated carbocycles. The van der Waals surface area contributed by atoms with Crippen molar-refractivity contribution < 1.29 is 4.79 Å². The Morgan fingerprint density at radius 2 is 2.06 bits per heavy atom. The van der Waals surface area contributed by atoms with Gasteiger partial charge in [-0.1, -0.05) is 31.4 Å². The van der Waals surface area contributed by atoms with Crippen molar-refractivity contribution in [2.45, 2.75) is 56.5 Å². The third-order valence-corrected chi connectivity index (χ3v) is 7.14. The number of aromatic nitrogens is 3. The third kappa shape index (κ3) is 4.27. The van der Waals surface area contributed by atoms with E-state index in [4.69, 9.17) is 10.7 Å². The van der Waals surface area contributed by atoms with Crippen LogP contribution in [0.4, 0.5) is 0 Å². The van der Waals surface area contributed by atoms with Gasteiger partial charge in [0.2, 0.25) is 0 Å². The molecule has 3 N–H and O–H groups in total. The summed E-state index contributed by atoms with van der Waals surface area (Å²) in [7, 11) is 0. The van der Waals surface area contributed by atoms with Gasteiger partial charge in [-0.2, -0.15) is 0 Å². The molecule has 1 aliphatic heterocycles. The molecule has 7 nitrogen and oxygen atoms in total. The summed E-state index contributed by atoms with van der Waals surface area (Å²) in [6.07, 6.45) is 12.6. The second kappa shape index (κ2) is 9.00. The Labute approximate surface area is 189 Å². The number of hydrogen-bond acceptors (Lipinski definition) is 5. The fourth-order valence-electron chi connectivity index (χ4n) is 5.37. The first kappa shape index (κ1) is 21.1. The monoisotopic (exact) mass is 432 g/mol. The van der Waals surface area contributed by atoms with Crippen LogP contribution in [0.3, 0.4) is 0 Å². The zero-order chi connectivity index (χ0) is 22.0. The topological polar surface area (TPSA) is 88.5 Å². The van der Waals surface area contributed by atoms with Crippen molar-refractivity contribution >= 4 is 11.6 Å². The highest BCUT2D eigenvalue weighted by Gasteiger charge is 2.34. The van der Waals surface area contributed by atoms with Gasteiger partial charge in [-0.3, -0.25) is 19.1 Å². The Kier molecular flexibility index (Phi) is 5.93. The summed E-state index contributed by atoms with van der Waals surface area (Å²) in [4.78, 5) is 24.7. The normalized spacial score (nSPS) is 21.1. The van der Waals surface area contributed by atoms with Crippen LogP contribution in [0.15, 0.2) is 48.9 Å². The zero-order valence-electron chi connectivity index (χ0n) is 18.5. The number of pyridine rings is 2. The minimum Gasteiger partial charge on any atom is -0.350 e. The molecule has 2 aliphatic rings. The fraction of sp³-hybridized carbons (Fsp3) is 0.480. The van der Waals surface area contributed by atoms with E-state index in [1.165, 1.54) is 24.8 Å². The lowest BCUT2D eigenvalue weighted by atomic mass is 9.70.